The Labute approximate surface area is 206 Å². The number of hydrogen-bond acceptors (Lipinski definition) is 4. The quantitative estimate of drug-likeness (QED) is 0.236. The number of halogens is 3. The monoisotopic (exact) mass is 497 g/mol. The van der Waals surface area contributed by atoms with Gasteiger partial charge in [0.15, 0.2) is 5.60 Å². The SMILES string of the molecule is CC(C)(NCC(O)(c1cn(Cc2ccccc2)c2cc([N+](=O)[O-])ccc12)C(F)(F)F)c1ccccc1. The molecule has 3 aromatic carbocycles. The van der Waals surface area contributed by atoms with Gasteiger partial charge in [-0.2, -0.15) is 13.2 Å². The highest BCUT2D eigenvalue weighted by Gasteiger charge is 2.56. The molecule has 4 aromatic rings. The number of alkyl halides is 3. The third-order valence-electron chi connectivity index (χ3n) is 6.47. The summed E-state index contributed by atoms with van der Waals surface area (Å²) >= 11 is 0. The van der Waals surface area contributed by atoms with Crippen LogP contribution in [0.25, 0.3) is 10.9 Å². The van der Waals surface area contributed by atoms with Gasteiger partial charge in [0.1, 0.15) is 0 Å². The van der Waals surface area contributed by atoms with Crippen LogP contribution in [0.15, 0.2) is 85.1 Å². The van der Waals surface area contributed by atoms with E-state index in [2.05, 4.69) is 5.32 Å². The zero-order valence-corrected chi connectivity index (χ0v) is 19.8. The van der Waals surface area contributed by atoms with Gasteiger partial charge in [0.05, 0.1) is 10.4 Å². The molecule has 1 unspecified atom stereocenters. The maximum atomic E-state index is 14.5. The van der Waals surface area contributed by atoms with Crippen LogP contribution < -0.4 is 5.32 Å². The summed E-state index contributed by atoms with van der Waals surface area (Å²) in [5.74, 6) is 0. The van der Waals surface area contributed by atoms with E-state index in [0.717, 1.165) is 17.2 Å². The van der Waals surface area contributed by atoms with Crippen LogP contribution in [0.4, 0.5) is 18.9 Å². The molecule has 36 heavy (non-hydrogen) atoms. The summed E-state index contributed by atoms with van der Waals surface area (Å²) in [4.78, 5) is 10.8. The molecule has 188 valence electrons. The number of fused-ring (bicyclic) bond motifs is 1. The minimum absolute atomic E-state index is 0.0932. The number of rotatable bonds is 8. The number of nitrogens with one attached hydrogen (secondary N) is 1. The van der Waals surface area contributed by atoms with E-state index in [4.69, 9.17) is 0 Å². The summed E-state index contributed by atoms with van der Waals surface area (Å²) in [5, 5.41) is 25.6. The van der Waals surface area contributed by atoms with E-state index in [1.54, 1.807) is 50.2 Å². The molecule has 0 radical (unpaired) electrons. The van der Waals surface area contributed by atoms with Crippen molar-refractivity contribution >= 4 is 16.6 Å². The lowest BCUT2D eigenvalue weighted by atomic mass is 9.89. The molecule has 1 heterocycles. The van der Waals surface area contributed by atoms with Crippen molar-refractivity contribution in [3.05, 3.63) is 112 Å². The van der Waals surface area contributed by atoms with E-state index in [1.165, 1.54) is 22.9 Å². The lowest BCUT2D eigenvalue weighted by Gasteiger charge is -2.35. The number of aliphatic hydroxyl groups is 1. The molecule has 0 saturated heterocycles. The Morgan fingerprint density at radius 2 is 1.58 bits per heavy atom. The number of aromatic nitrogens is 1. The molecule has 4 rings (SSSR count). The number of hydrogen-bond donors (Lipinski definition) is 2. The van der Waals surface area contributed by atoms with Crippen molar-refractivity contribution in [2.45, 2.75) is 37.7 Å². The predicted molar refractivity (Wildman–Crippen MR) is 132 cm³/mol. The highest BCUT2D eigenvalue weighted by atomic mass is 19.4. The average molecular weight is 498 g/mol. The molecule has 0 spiro atoms. The number of nitro benzene ring substituents is 1. The van der Waals surface area contributed by atoms with E-state index in [9.17, 15) is 28.4 Å². The van der Waals surface area contributed by atoms with E-state index in [1.807, 2.05) is 24.3 Å². The van der Waals surface area contributed by atoms with Crippen LogP contribution in [0.1, 0.15) is 30.5 Å². The fraction of sp³-hybridized carbons (Fsp3) is 0.259. The van der Waals surface area contributed by atoms with Gasteiger partial charge in [-0.05, 0) is 31.0 Å². The van der Waals surface area contributed by atoms with Gasteiger partial charge < -0.3 is 15.0 Å². The minimum atomic E-state index is -5.03. The van der Waals surface area contributed by atoms with Crippen molar-refractivity contribution in [2.75, 3.05) is 6.54 Å². The van der Waals surface area contributed by atoms with Gasteiger partial charge in [0.2, 0.25) is 0 Å². The van der Waals surface area contributed by atoms with Crippen molar-refractivity contribution in [1.29, 1.82) is 0 Å². The van der Waals surface area contributed by atoms with Crippen molar-refractivity contribution < 1.29 is 23.2 Å². The van der Waals surface area contributed by atoms with Gasteiger partial charge in [0.25, 0.3) is 5.69 Å². The van der Waals surface area contributed by atoms with E-state index >= 15 is 0 Å². The lowest BCUT2D eigenvalue weighted by molar-refractivity contribution is -0.384. The van der Waals surface area contributed by atoms with Crippen molar-refractivity contribution in [3.8, 4) is 0 Å². The zero-order valence-electron chi connectivity index (χ0n) is 19.8. The van der Waals surface area contributed by atoms with Crippen molar-refractivity contribution in [1.82, 2.24) is 9.88 Å². The molecule has 0 amide bonds. The Morgan fingerprint density at radius 1 is 0.972 bits per heavy atom. The number of nitro groups is 1. The molecule has 0 aliphatic carbocycles. The third kappa shape index (κ3) is 4.84. The van der Waals surface area contributed by atoms with Gasteiger partial charge in [0, 0.05) is 47.9 Å². The first-order chi connectivity index (χ1) is 16.9. The van der Waals surface area contributed by atoms with E-state index in [-0.39, 0.29) is 28.7 Å². The van der Waals surface area contributed by atoms with Crippen LogP contribution >= 0.6 is 0 Å². The molecule has 0 fully saturated rings. The normalized spacial score (nSPS) is 14.1. The second kappa shape index (κ2) is 9.40. The summed E-state index contributed by atoms with van der Waals surface area (Å²) in [6.07, 6.45) is -3.79. The van der Waals surface area contributed by atoms with Gasteiger partial charge >= 0.3 is 6.18 Å². The Hall–Kier alpha value is -3.69. The van der Waals surface area contributed by atoms with Crippen LogP contribution in [0.2, 0.25) is 0 Å². The second-order valence-corrected chi connectivity index (χ2v) is 9.32. The molecular formula is C27H26F3N3O3. The summed E-state index contributed by atoms with van der Waals surface area (Å²) in [6, 6.07) is 21.7. The van der Waals surface area contributed by atoms with Crippen LogP contribution in [0.3, 0.4) is 0 Å². The molecule has 0 saturated carbocycles. The smallest absolute Gasteiger partial charge is 0.375 e. The number of nitrogens with zero attached hydrogens (tertiary/aromatic N) is 2. The molecule has 6 nitrogen and oxygen atoms in total. The third-order valence-corrected chi connectivity index (χ3v) is 6.47. The van der Waals surface area contributed by atoms with E-state index < -0.39 is 28.8 Å². The average Bonchev–Trinajstić information content (AvgIpc) is 3.21. The second-order valence-electron chi connectivity index (χ2n) is 9.32. The summed E-state index contributed by atoms with van der Waals surface area (Å²) < 4.78 is 45.1. The highest BCUT2D eigenvalue weighted by Crippen LogP contribution is 2.43. The fourth-order valence-corrected chi connectivity index (χ4v) is 4.29. The van der Waals surface area contributed by atoms with Crippen LogP contribution in [-0.2, 0) is 17.7 Å². The Balaban J connectivity index is 1.82. The summed E-state index contributed by atoms with van der Waals surface area (Å²) in [5.41, 5.74) is -2.96. The molecule has 0 bridgehead atoms. The van der Waals surface area contributed by atoms with Gasteiger partial charge in [-0.1, -0.05) is 60.7 Å². The number of non-ortho nitro benzene ring substituents is 1. The standard InChI is InChI=1S/C27H26F3N3O3/c1-25(2,20-11-7-4-8-12-20)31-18-26(34,27(28,29)30)23-17-32(16-19-9-5-3-6-10-19)24-15-21(33(35)36)13-14-22(23)24/h3-15,17,31,34H,16,18H2,1-2H3. The first kappa shape index (κ1) is 25.4. The molecule has 2 N–H and O–H groups in total. The molecule has 0 aliphatic rings. The van der Waals surface area contributed by atoms with Gasteiger partial charge in [-0.15, -0.1) is 0 Å². The zero-order chi connectivity index (χ0) is 26.1. The number of benzene rings is 3. The Morgan fingerprint density at radius 3 is 2.17 bits per heavy atom. The molecule has 0 aliphatic heterocycles. The van der Waals surface area contributed by atoms with E-state index in [0.29, 0.717) is 0 Å². The van der Waals surface area contributed by atoms with Crippen molar-refractivity contribution in [3.63, 3.8) is 0 Å². The highest BCUT2D eigenvalue weighted by molar-refractivity contribution is 5.87. The maximum Gasteiger partial charge on any atom is 0.422 e. The first-order valence-corrected chi connectivity index (χ1v) is 11.3. The first-order valence-electron chi connectivity index (χ1n) is 11.3. The molecule has 1 atom stereocenters. The lowest BCUT2D eigenvalue weighted by Crippen LogP contribution is -2.53. The largest absolute Gasteiger partial charge is 0.422 e. The van der Waals surface area contributed by atoms with Gasteiger partial charge in [-0.3, -0.25) is 10.1 Å². The molecule has 1 aromatic heterocycles. The molecule has 9 heteroatoms. The Kier molecular flexibility index (Phi) is 6.64. The van der Waals surface area contributed by atoms with Gasteiger partial charge in [-0.25, -0.2) is 0 Å². The Bertz CT molecular complexity index is 1370. The predicted octanol–water partition coefficient (Wildman–Crippen LogP) is 5.87. The maximum absolute atomic E-state index is 14.5. The van der Waals surface area contributed by atoms with Crippen LogP contribution in [0.5, 0.6) is 0 Å². The fourth-order valence-electron chi connectivity index (χ4n) is 4.29. The topological polar surface area (TPSA) is 80.3 Å². The van der Waals surface area contributed by atoms with Crippen molar-refractivity contribution in [2.24, 2.45) is 0 Å². The minimum Gasteiger partial charge on any atom is -0.375 e. The summed E-state index contributed by atoms with van der Waals surface area (Å²) in [7, 11) is 0. The van der Waals surface area contributed by atoms with Crippen LogP contribution in [-0.4, -0.2) is 27.3 Å². The molecular weight excluding hydrogens is 471 g/mol. The van der Waals surface area contributed by atoms with Crippen LogP contribution in [0, 0.1) is 10.1 Å². The summed E-state index contributed by atoms with van der Waals surface area (Å²) in [6.45, 7) is 2.83.